The van der Waals surface area contributed by atoms with Gasteiger partial charge in [-0.3, -0.25) is 0 Å². The summed E-state index contributed by atoms with van der Waals surface area (Å²) in [6.45, 7) is 0. The molecular weight excluding hydrogens is 574 g/mol. The van der Waals surface area contributed by atoms with Crippen LogP contribution in [0, 0.1) is 0 Å². The van der Waals surface area contributed by atoms with Crippen molar-refractivity contribution in [1.82, 2.24) is 5.32 Å². The van der Waals surface area contributed by atoms with Gasteiger partial charge in [0.15, 0.2) is 6.17 Å². The van der Waals surface area contributed by atoms with E-state index in [0.717, 1.165) is 67.0 Å². The van der Waals surface area contributed by atoms with E-state index in [0.29, 0.717) is 0 Å². The number of amidine groups is 2. The summed E-state index contributed by atoms with van der Waals surface area (Å²) in [7, 11) is 0. The fourth-order valence-corrected chi connectivity index (χ4v) is 6.56. The Hall–Kier alpha value is -6.26. The fourth-order valence-electron chi connectivity index (χ4n) is 6.56. The first-order chi connectivity index (χ1) is 23.3. The summed E-state index contributed by atoms with van der Waals surface area (Å²) >= 11 is 0. The minimum Gasteiger partial charge on any atom is -0.456 e. The van der Waals surface area contributed by atoms with E-state index in [2.05, 4.69) is 145 Å². The van der Waals surface area contributed by atoms with Gasteiger partial charge < -0.3 is 9.73 Å². The summed E-state index contributed by atoms with van der Waals surface area (Å²) in [6.07, 6.45) is -0.410. The maximum absolute atomic E-state index is 6.16. The van der Waals surface area contributed by atoms with Gasteiger partial charge in [-0.15, -0.1) is 0 Å². The highest BCUT2D eigenvalue weighted by Gasteiger charge is 2.22. The predicted octanol–water partition coefficient (Wildman–Crippen LogP) is 10.6. The molecule has 0 saturated carbocycles. The zero-order valence-electron chi connectivity index (χ0n) is 25.5. The molecule has 0 fully saturated rings. The lowest BCUT2D eigenvalue weighted by Gasteiger charge is -2.23. The van der Waals surface area contributed by atoms with Gasteiger partial charge in [0, 0.05) is 21.9 Å². The lowest BCUT2D eigenvalue weighted by atomic mass is 9.98. The van der Waals surface area contributed by atoms with Gasteiger partial charge in [0.25, 0.3) is 0 Å². The van der Waals surface area contributed by atoms with Crippen molar-refractivity contribution in [1.29, 1.82) is 0 Å². The molecule has 7 aromatic carbocycles. The molecule has 4 heteroatoms. The first kappa shape index (κ1) is 27.1. The molecule has 1 atom stereocenters. The van der Waals surface area contributed by atoms with Crippen molar-refractivity contribution in [2.24, 2.45) is 9.98 Å². The number of benzene rings is 7. The van der Waals surface area contributed by atoms with Crippen LogP contribution in [0.3, 0.4) is 0 Å². The van der Waals surface area contributed by atoms with Crippen LogP contribution in [0.5, 0.6) is 0 Å². The molecule has 222 valence electrons. The highest BCUT2D eigenvalue weighted by molar-refractivity contribution is 6.17. The zero-order valence-corrected chi connectivity index (χ0v) is 25.5. The molecule has 1 aliphatic rings. The second kappa shape index (κ2) is 11.3. The minimum absolute atomic E-state index is 0.410. The summed E-state index contributed by atoms with van der Waals surface area (Å²) in [6, 6.07) is 57.0. The van der Waals surface area contributed by atoms with Crippen molar-refractivity contribution in [3.8, 4) is 22.3 Å². The van der Waals surface area contributed by atoms with E-state index in [-0.39, 0.29) is 0 Å². The number of rotatable bonds is 5. The Balaban J connectivity index is 1.13. The molecular formula is C43H29N3O. The van der Waals surface area contributed by atoms with Crippen LogP contribution in [-0.2, 0) is 0 Å². The van der Waals surface area contributed by atoms with Gasteiger partial charge in [-0.1, -0.05) is 140 Å². The van der Waals surface area contributed by atoms with Crippen LogP contribution in [0.2, 0.25) is 0 Å². The van der Waals surface area contributed by atoms with Crippen molar-refractivity contribution in [3.05, 3.63) is 180 Å². The number of fused-ring (bicyclic) bond motifs is 4. The normalized spacial score (nSPS) is 14.6. The highest BCUT2D eigenvalue weighted by atomic mass is 16.3. The molecule has 9 rings (SSSR count). The number of nitrogens with zero attached hydrogens (tertiary/aromatic N) is 2. The molecule has 1 aromatic heterocycles. The Morgan fingerprint density at radius 3 is 1.94 bits per heavy atom. The number of aliphatic imine (C=N–C) groups is 2. The van der Waals surface area contributed by atoms with Gasteiger partial charge in [-0.05, 0) is 62.9 Å². The van der Waals surface area contributed by atoms with Crippen molar-refractivity contribution in [2.45, 2.75) is 6.17 Å². The third kappa shape index (κ3) is 4.97. The summed E-state index contributed by atoms with van der Waals surface area (Å²) in [4.78, 5) is 10.4. The van der Waals surface area contributed by atoms with Crippen molar-refractivity contribution >= 4 is 44.4 Å². The van der Waals surface area contributed by atoms with Crippen LogP contribution in [0.25, 0.3) is 55.0 Å². The van der Waals surface area contributed by atoms with Gasteiger partial charge in [0.05, 0.1) is 0 Å². The van der Waals surface area contributed by atoms with Crippen LogP contribution < -0.4 is 5.32 Å². The molecule has 1 N–H and O–H groups in total. The fraction of sp³-hybridized carbons (Fsp3) is 0.0233. The third-order valence-electron chi connectivity index (χ3n) is 8.93. The summed E-state index contributed by atoms with van der Waals surface area (Å²) in [5.41, 5.74) is 9.43. The Morgan fingerprint density at radius 2 is 1.09 bits per heavy atom. The molecule has 2 heterocycles. The molecule has 0 spiro atoms. The highest BCUT2D eigenvalue weighted by Crippen LogP contribution is 2.37. The maximum atomic E-state index is 6.16. The van der Waals surface area contributed by atoms with Crippen LogP contribution in [0.4, 0.5) is 0 Å². The molecule has 0 aliphatic carbocycles. The van der Waals surface area contributed by atoms with E-state index in [4.69, 9.17) is 14.4 Å². The van der Waals surface area contributed by atoms with E-state index < -0.39 is 6.17 Å². The maximum Gasteiger partial charge on any atom is 0.169 e. The molecule has 4 nitrogen and oxygen atoms in total. The molecule has 8 aromatic rings. The Labute approximate surface area is 272 Å². The molecule has 1 unspecified atom stereocenters. The van der Waals surface area contributed by atoms with E-state index >= 15 is 0 Å². The van der Waals surface area contributed by atoms with Gasteiger partial charge in [0.2, 0.25) is 0 Å². The largest absolute Gasteiger partial charge is 0.456 e. The van der Waals surface area contributed by atoms with Crippen LogP contribution in [-0.4, -0.2) is 11.7 Å². The number of nitrogens with one attached hydrogen (secondary N) is 1. The first-order valence-electron chi connectivity index (χ1n) is 15.9. The predicted molar refractivity (Wildman–Crippen MR) is 194 cm³/mol. The summed E-state index contributed by atoms with van der Waals surface area (Å²) in [5, 5.41) is 8.22. The summed E-state index contributed by atoms with van der Waals surface area (Å²) < 4.78 is 6.16. The quantitative estimate of drug-likeness (QED) is 0.213. The molecule has 0 saturated heterocycles. The Bertz CT molecular complexity index is 2490. The average molecular weight is 604 g/mol. The molecule has 47 heavy (non-hydrogen) atoms. The van der Waals surface area contributed by atoms with Gasteiger partial charge in [-0.25, -0.2) is 9.98 Å². The second-order valence-corrected chi connectivity index (χ2v) is 11.9. The monoisotopic (exact) mass is 603 g/mol. The van der Waals surface area contributed by atoms with Crippen LogP contribution in [0.15, 0.2) is 178 Å². The first-order valence-corrected chi connectivity index (χ1v) is 15.9. The number of hydrogen-bond acceptors (Lipinski definition) is 4. The molecule has 0 bridgehead atoms. The lowest BCUT2D eigenvalue weighted by molar-refractivity contribution is 0.669. The van der Waals surface area contributed by atoms with Gasteiger partial charge in [0.1, 0.15) is 22.8 Å². The van der Waals surface area contributed by atoms with E-state index in [9.17, 15) is 0 Å². The van der Waals surface area contributed by atoms with Gasteiger partial charge in [-0.2, -0.15) is 0 Å². The standard InChI is InChI=1S/C43H29N3O/c1-2-10-28(11-3-1)33-14-8-15-34(26-33)42-44-41(45-43(46-42)35-25-20-29-12-4-5-13-32(29)27-35)31-23-21-30(22-24-31)36-17-9-19-39-40(36)37-16-6-7-18-38(37)47-39/h1-27,41H,(H,44,45,46). The second-order valence-electron chi connectivity index (χ2n) is 11.9. The number of para-hydroxylation sites is 1. The Morgan fingerprint density at radius 1 is 0.447 bits per heavy atom. The van der Waals surface area contributed by atoms with Crippen LogP contribution in [0.1, 0.15) is 22.9 Å². The number of hydrogen-bond donors (Lipinski definition) is 1. The van der Waals surface area contributed by atoms with Crippen LogP contribution >= 0.6 is 0 Å². The van der Waals surface area contributed by atoms with E-state index in [1.165, 1.54) is 16.3 Å². The van der Waals surface area contributed by atoms with Crippen molar-refractivity contribution in [2.75, 3.05) is 0 Å². The average Bonchev–Trinajstić information content (AvgIpc) is 3.54. The molecule has 1 aliphatic heterocycles. The molecule has 0 amide bonds. The van der Waals surface area contributed by atoms with E-state index in [1.54, 1.807) is 0 Å². The number of furan rings is 1. The van der Waals surface area contributed by atoms with Crippen molar-refractivity contribution < 1.29 is 4.42 Å². The lowest BCUT2D eigenvalue weighted by Crippen LogP contribution is -2.36. The smallest absolute Gasteiger partial charge is 0.169 e. The SMILES string of the molecule is c1ccc(-c2cccc(C3=NC(c4ccc(-c5cccc6oc7ccccc7c56)cc4)N=C(c4ccc5ccccc5c4)N3)c2)cc1. The van der Waals surface area contributed by atoms with E-state index in [1.807, 2.05) is 24.3 Å². The minimum atomic E-state index is -0.410. The van der Waals surface area contributed by atoms with Gasteiger partial charge >= 0.3 is 0 Å². The third-order valence-corrected chi connectivity index (χ3v) is 8.93. The zero-order chi connectivity index (χ0) is 31.2. The topological polar surface area (TPSA) is 49.9 Å². The summed E-state index contributed by atoms with van der Waals surface area (Å²) in [5.74, 6) is 1.60. The molecule has 0 radical (unpaired) electrons. The van der Waals surface area contributed by atoms with Crippen molar-refractivity contribution in [3.63, 3.8) is 0 Å². The Kier molecular flexibility index (Phi) is 6.50.